The molecule has 2 aromatic rings. The van der Waals surface area contributed by atoms with Crippen LogP contribution in [-0.4, -0.2) is 78.2 Å². The highest BCUT2D eigenvalue weighted by atomic mass is 19.1. The Morgan fingerprint density at radius 2 is 1.76 bits per heavy atom. The summed E-state index contributed by atoms with van der Waals surface area (Å²) in [5, 5.41) is 15.6. The van der Waals surface area contributed by atoms with E-state index in [9.17, 15) is 24.0 Å². The number of benzene rings is 2. The standard InChI is InChI=1S/C30H39FN6O4/c1-7-35(29(40)41-30(3,4)5)13-12-33-27(38)19-36(26-15-24(16-32)25(31)14-21(26)2)20-28(39)34(6)37-17-22-10-8-9-11-23(22)18-37/h8-11,14-15H,7,12-13,17-20H2,1-6H3,(H,33,38). The van der Waals surface area contributed by atoms with Gasteiger partial charge in [-0.2, -0.15) is 5.26 Å². The van der Waals surface area contributed by atoms with Gasteiger partial charge in [-0.05, 0) is 63.4 Å². The third-order valence-electron chi connectivity index (χ3n) is 6.75. The van der Waals surface area contributed by atoms with Crippen LogP contribution in [0.25, 0.3) is 0 Å². The van der Waals surface area contributed by atoms with E-state index in [1.165, 1.54) is 22.0 Å². The molecule has 11 heteroatoms. The van der Waals surface area contributed by atoms with Crippen LogP contribution >= 0.6 is 0 Å². The molecule has 0 radical (unpaired) electrons. The number of hydrogen-bond donors (Lipinski definition) is 1. The Bertz CT molecular complexity index is 1290. The van der Waals surface area contributed by atoms with Crippen LogP contribution in [0.1, 0.15) is 49.9 Å². The minimum Gasteiger partial charge on any atom is -0.444 e. The maximum Gasteiger partial charge on any atom is 0.410 e. The second kappa shape index (κ2) is 13.5. The molecule has 10 nitrogen and oxygen atoms in total. The fourth-order valence-electron chi connectivity index (χ4n) is 4.53. The van der Waals surface area contributed by atoms with E-state index in [1.54, 1.807) is 39.6 Å². The number of hydrazine groups is 1. The number of amides is 3. The van der Waals surface area contributed by atoms with Crippen molar-refractivity contribution in [3.63, 3.8) is 0 Å². The minimum absolute atomic E-state index is 0.172. The van der Waals surface area contributed by atoms with E-state index >= 15 is 0 Å². The first-order valence-corrected chi connectivity index (χ1v) is 13.6. The van der Waals surface area contributed by atoms with Crippen molar-refractivity contribution in [1.82, 2.24) is 20.2 Å². The van der Waals surface area contributed by atoms with Gasteiger partial charge < -0.3 is 19.9 Å². The molecule has 2 aromatic carbocycles. The molecule has 0 aliphatic carbocycles. The summed E-state index contributed by atoms with van der Waals surface area (Å²) < 4.78 is 19.7. The maximum absolute atomic E-state index is 14.3. The average Bonchev–Trinajstić information content (AvgIpc) is 3.33. The Morgan fingerprint density at radius 1 is 1.12 bits per heavy atom. The van der Waals surface area contributed by atoms with Gasteiger partial charge in [-0.3, -0.25) is 14.6 Å². The van der Waals surface area contributed by atoms with Gasteiger partial charge in [0.05, 0.1) is 18.7 Å². The number of rotatable bonds is 10. The summed E-state index contributed by atoms with van der Waals surface area (Å²) in [5.41, 5.74) is 2.37. The van der Waals surface area contributed by atoms with E-state index in [4.69, 9.17) is 4.74 Å². The normalized spacial score (nSPS) is 12.7. The van der Waals surface area contributed by atoms with Crippen LogP contribution in [0.2, 0.25) is 0 Å². The highest BCUT2D eigenvalue weighted by Gasteiger charge is 2.27. The number of halogens is 1. The molecule has 0 atom stereocenters. The maximum atomic E-state index is 14.3. The summed E-state index contributed by atoms with van der Waals surface area (Å²) in [4.78, 5) is 41.9. The molecule has 1 aliphatic heterocycles. The van der Waals surface area contributed by atoms with Crippen LogP contribution in [0.4, 0.5) is 14.9 Å². The number of carbonyl (C=O) groups is 3. The van der Waals surface area contributed by atoms with E-state index in [0.29, 0.717) is 30.9 Å². The lowest BCUT2D eigenvalue weighted by molar-refractivity contribution is -0.145. The molecule has 1 heterocycles. The quantitative estimate of drug-likeness (QED) is 0.468. The molecular formula is C30H39FN6O4. The van der Waals surface area contributed by atoms with E-state index < -0.39 is 23.4 Å². The Balaban J connectivity index is 1.71. The van der Waals surface area contributed by atoms with Crippen LogP contribution < -0.4 is 10.2 Å². The highest BCUT2D eigenvalue weighted by Crippen LogP contribution is 2.26. The molecule has 0 fully saturated rings. The zero-order valence-electron chi connectivity index (χ0n) is 24.7. The predicted octanol–water partition coefficient (Wildman–Crippen LogP) is 3.57. The van der Waals surface area contributed by atoms with Gasteiger partial charge in [0.2, 0.25) is 5.91 Å². The Labute approximate surface area is 241 Å². The summed E-state index contributed by atoms with van der Waals surface area (Å²) in [6.45, 7) is 10.4. The first kappa shape index (κ1) is 31.4. The van der Waals surface area contributed by atoms with Crippen molar-refractivity contribution in [3.05, 3.63) is 64.5 Å². The number of fused-ring (bicyclic) bond motifs is 1. The molecular weight excluding hydrogens is 527 g/mol. The molecule has 0 unspecified atom stereocenters. The smallest absolute Gasteiger partial charge is 0.410 e. The lowest BCUT2D eigenvalue weighted by atomic mass is 10.1. The van der Waals surface area contributed by atoms with E-state index in [1.807, 2.05) is 42.3 Å². The first-order chi connectivity index (χ1) is 19.3. The summed E-state index contributed by atoms with van der Waals surface area (Å²) in [6, 6.07) is 12.4. The van der Waals surface area contributed by atoms with Crippen molar-refractivity contribution in [3.8, 4) is 6.07 Å². The van der Waals surface area contributed by atoms with E-state index in [-0.39, 0.29) is 37.6 Å². The number of aryl methyl sites for hydroxylation is 1. The number of likely N-dealkylation sites (N-methyl/N-ethyl adjacent to an activating group) is 2. The zero-order valence-corrected chi connectivity index (χ0v) is 24.7. The number of hydrogen-bond acceptors (Lipinski definition) is 7. The SMILES string of the molecule is CCN(CCNC(=O)CN(CC(=O)N(C)N1Cc2ccccc2C1)c1cc(C#N)c(F)cc1C)C(=O)OC(C)(C)C. The van der Waals surface area contributed by atoms with Crippen molar-refractivity contribution >= 4 is 23.6 Å². The Kier molecular flexibility index (Phi) is 10.3. The number of carbonyl (C=O) groups excluding carboxylic acids is 3. The Hall–Kier alpha value is -4.17. The fraction of sp³-hybridized carbons (Fsp3) is 0.467. The lowest BCUT2D eigenvalue weighted by Crippen LogP contribution is -2.48. The summed E-state index contributed by atoms with van der Waals surface area (Å²) in [5.74, 6) is -1.33. The number of nitriles is 1. The van der Waals surface area contributed by atoms with Gasteiger partial charge in [0.15, 0.2) is 0 Å². The Morgan fingerprint density at radius 3 is 2.32 bits per heavy atom. The second-order valence-corrected chi connectivity index (χ2v) is 11.0. The van der Waals surface area contributed by atoms with Gasteiger partial charge in [-0.25, -0.2) is 14.2 Å². The fourth-order valence-corrected chi connectivity index (χ4v) is 4.53. The van der Waals surface area contributed by atoms with Crippen molar-refractivity contribution in [2.75, 3.05) is 44.7 Å². The van der Waals surface area contributed by atoms with Crippen LogP contribution in [0.15, 0.2) is 36.4 Å². The monoisotopic (exact) mass is 566 g/mol. The molecule has 0 saturated carbocycles. The van der Waals surface area contributed by atoms with Gasteiger partial charge in [0.25, 0.3) is 5.91 Å². The first-order valence-electron chi connectivity index (χ1n) is 13.6. The van der Waals surface area contributed by atoms with Crippen molar-refractivity contribution < 1.29 is 23.5 Å². The van der Waals surface area contributed by atoms with Crippen molar-refractivity contribution in [2.45, 2.75) is 53.3 Å². The average molecular weight is 567 g/mol. The molecule has 0 aromatic heterocycles. The van der Waals surface area contributed by atoms with Crippen LogP contribution in [-0.2, 0) is 27.4 Å². The van der Waals surface area contributed by atoms with Gasteiger partial charge in [-0.15, -0.1) is 0 Å². The zero-order chi connectivity index (χ0) is 30.3. The number of ether oxygens (including phenoxy) is 1. The summed E-state index contributed by atoms with van der Waals surface area (Å²) in [6.07, 6.45) is -0.473. The molecule has 3 amide bonds. The molecule has 0 bridgehead atoms. The van der Waals surface area contributed by atoms with E-state index in [2.05, 4.69) is 5.32 Å². The molecule has 3 rings (SSSR count). The third-order valence-corrected chi connectivity index (χ3v) is 6.75. The summed E-state index contributed by atoms with van der Waals surface area (Å²) in [7, 11) is 1.68. The summed E-state index contributed by atoms with van der Waals surface area (Å²) >= 11 is 0. The number of nitrogens with one attached hydrogen (secondary N) is 1. The van der Waals surface area contributed by atoms with Crippen molar-refractivity contribution in [1.29, 1.82) is 5.26 Å². The van der Waals surface area contributed by atoms with Gasteiger partial charge >= 0.3 is 6.09 Å². The minimum atomic E-state index is -0.668. The largest absolute Gasteiger partial charge is 0.444 e. The van der Waals surface area contributed by atoms with Gasteiger partial charge in [0, 0.05) is 45.5 Å². The molecule has 220 valence electrons. The van der Waals surface area contributed by atoms with Crippen LogP contribution in [0.3, 0.4) is 0 Å². The van der Waals surface area contributed by atoms with Crippen LogP contribution in [0.5, 0.6) is 0 Å². The second-order valence-electron chi connectivity index (χ2n) is 11.0. The molecule has 41 heavy (non-hydrogen) atoms. The predicted molar refractivity (Wildman–Crippen MR) is 153 cm³/mol. The molecule has 0 saturated heterocycles. The number of nitrogens with zero attached hydrogens (tertiary/aromatic N) is 5. The number of anilines is 1. The van der Waals surface area contributed by atoms with Gasteiger partial charge in [0.1, 0.15) is 17.5 Å². The van der Waals surface area contributed by atoms with Crippen LogP contribution in [0, 0.1) is 24.1 Å². The highest BCUT2D eigenvalue weighted by molar-refractivity contribution is 5.87. The topological polar surface area (TPSA) is 109 Å². The molecule has 1 aliphatic rings. The van der Waals surface area contributed by atoms with Crippen molar-refractivity contribution in [2.24, 2.45) is 0 Å². The van der Waals surface area contributed by atoms with E-state index in [0.717, 1.165) is 11.1 Å². The van der Waals surface area contributed by atoms with Gasteiger partial charge in [-0.1, -0.05) is 24.3 Å². The molecule has 0 spiro atoms. The third kappa shape index (κ3) is 8.41. The lowest BCUT2D eigenvalue weighted by Gasteiger charge is -2.32. The molecule has 1 N–H and O–H groups in total.